The van der Waals surface area contributed by atoms with Crippen molar-refractivity contribution in [3.63, 3.8) is 0 Å². The number of rotatable bonds is 5. The monoisotopic (exact) mass is 368 g/mol. The zero-order valence-electron chi connectivity index (χ0n) is 14.5. The Balaban J connectivity index is 1.51. The van der Waals surface area contributed by atoms with Crippen molar-refractivity contribution in [1.29, 1.82) is 5.26 Å². The zero-order valence-corrected chi connectivity index (χ0v) is 15.3. The lowest BCUT2D eigenvalue weighted by molar-refractivity contribution is 0.306. The molecule has 1 aromatic heterocycles. The number of nitrogens with zero attached hydrogens (tertiary/aromatic N) is 2. The molecule has 0 atom stereocenters. The van der Waals surface area contributed by atoms with Crippen LogP contribution in [-0.2, 0) is 6.61 Å². The summed E-state index contributed by atoms with van der Waals surface area (Å²) in [4.78, 5) is 4.56. The first kappa shape index (κ1) is 17.0. The smallest absolute Gasteiger partial charge is 0.135 e. The molecule has 4 aromatic rings. The van der Waals surface area contributed by atoms with E-state index < -0.39 is 0 Å². The van der Waals surface area contributed by atoms with Crippen LogP contribution in [-0.4, -0.2) is 4.98 Å². The number of allylic oxidation sites excluding steroid dienone is 1. The van der Waals surface area contributed by atoms with Crippen LogP contribution in [0.3, 0.4) is 0 Å². The summed E-state index contributed by atoms with van der Waals surface area (Å²) in [6, 6.07) is 28.0. The number of thiazole rings is 1. The molecule has 1 heterocycles. The van der Waals surface area contributed by atoms with Crippen LogP contribution < -0.4 is 4.74 Å². The average molecular weight is 368 g/mol. The summed E-state index contributed by atoms with van der Waals surface area (Å²) in [5.74, 6) is 0.800. The van der Waals surface area contributed by atoms with Crippen LogP contribution in [0.5, 0.6) is 5.75 Å². The minimum absolute atomic E-state index is 0.533. The van der Waals surface area contributed by atoms with Crippen LogP contribution >= 0.6 is 11.3 Å². The Hall–Kier alpha value is -3.42. The third-order valence-electron chi connectivity index (χ3n) is 4.08. The van der Waals surface area contributed by atoms with Crippen molar-refractivity contribution in [2.45, 2.75) is 6.61 Å². The number of fused-ring (bicyclic) bond motifs is 1. The van der Waals surface area contributed by atoms with E-state index in [9.17, 15) is 5.26 Å². The number of benzene rings is 3. The van der Waals surface area contributed by atoms with Crippen LogP contribution in [0.2, 0.25) is 0 Å². The minimum Gasteiger partial charge on any atom is -0.489 e. The van der Waals surface area contributed by atoms with Crippen molar-refractivity contribution in [3.05, 3.63) is 95.0 Å². The van der Waals surface area contributed by atoms with Gasteiger partial charge in [0.15, 0.2) is 0 Å². The van der Waals surface area contributed by atoms with Gasteiger partial charge >= 0.3 is 0 Å². The molecule has 27 heavy (non-hydrogen) atoms. The van der Waals surface area contributed by atoms with E-state index in [0.717, 1.165) is 32.1 Å². The van der Waals surface area contributed by atoms with E-state index in [4.69, 9.17) is 4.74 Å². The van der Waals surface area contributed by atoms with Gasteiger partial charge in [0.05, 0.1) is 15.8 Å². The number of ether oxygens (including phenoxy) is 1. The summed E-state index contributed by atoms with van der Waals surface area (Å²) in [6.07, 6.45) is 1.86. The highest BCUT2D eigenvalue weighted by Crippen LogP contribution is 2.28. The second-order valence-corrected chi connectivity index (χ2v) is 7.03. The first-order valence-electron chi connectivity index (χ1n) is 8.56. The molecular formula is C23H16N2OS. The van der Waals surface area contributed by atoms with Gasteiger partial charge in [-0.2, -0.15) is 5.26 Å². The molecule has 0 aliphatic heterocycles. The molecule has 0 aliphatic carbocycles. The van der Waals surface area contributed by atoms with E-state index >= 15 is 0 Å². The van der Waals surface area contributed by atoms with Gasteiger partial charge in [-0.15, -0.1) is 11.3 Å². The molecule has 0 bridgehead atoms. The van der Waals surface area contributed by atoms with Crippen molar-refractivity contribution < 1.29 is 4.74 Å². The van der Waals surface area contributed by atoms with Gasteiger partial charge in [0, 0.05) is 0 Å². The normalized spacial score (nSPS) is 11.3. The maximum atomic E-state index is 9.55. The number of hydrogen-bond acceptors (Lipinski definition) is 4. The van der Waals surface area contributed by atoms with Gasteiger partial charge in [-0.25, -0.2) is 4.98 Å². The molecule has 0 saturated carbocycles. The standard InChI is InChI=1S/C23H16N2OS/c24-15-19(23-25-21-8-4-5-9-22(21)27-23)14-17-10-12-20(13-11-17)26-16-18-6-2-1-3-7-18/h1-14H,16H2. The molecule has 0 radical (unpaired) electrons. The second kappa shape index (κ2) is 7.86. The topological polar surface area (TPSA) is 45.9 Å². The molecule has 3 nitrogen and oxygen atoms in total. The van der Waals surface area contributed by atoms with Crippen molar-refractivity contribution in [3.8, 4) is 11.8 Å². The Bertz CT molecular complexity index is 1090. The van der Waals surface area contributed by atoms with Crippen LogP contribution in [0.4, 0.5) is 0 Å². The molecule has 0 spiro atoms. The summed E-state index contributed by atoms with van der Waals surface area (Å²) in [6.45, 7) is 0.533. The first-order valence-corrected chi connectivity index (χ1v) is 9.38. The van der Waals surface area contributed by atoms with Gasteiger partial charge in [-0.05, 0) is 41.5 Å². The number of hydrogen-bond donors (Lipinski definition) is 0. The van der Waals surface area contributed by atoms with E-state index in [1.54, 1.807) is 0 Å². The van der Waals surface area contributed by atoms with Crippen LogP contribution in [0.25, 0.3) is 21.9 Å². The van der Waals surface area contributed by atoms with Crippen molar-refractivity contribution in [2.24, 2.45) is 0 Å². The summed E-state index contributed by atoms with van der Waals surface area (Å²) in [5, 5.41) is 10.3. The fourth-order valence-corrected chi connectivity index (χ4v) is 3.63. The van der Waals surface area contributed by atoms with Gasteiger partial charge in [-0.1, -0.05) is 54.6 Å². The van der Waals surface area contributed by atoms with Crippen molar-refractivity contribution >= 4 is 33.2 Å². The molecular weight excluding hydrogens is 352 g/mol. The van der Waals surface area contributed by atoms with Gasteiger partial charge in [0.2, 0.25) is 0 Å². The largest absolute Gasteiger partial charge is 0.489 e. The predicted molar refractivity (Wildman–Crippen MR) is 110 cm³/mol. The molecule has 0 unspecified atom stereocenters. The minimum atomic E-state index is 0.533. The lowest BCUT2D eigenvalue weighted by Gasteiger charge is -2.06. The van der Waals surface area contributed by atoms with Gasteiger partial charge in [0.25, 0.3) is 0 Å². The van der Waals surface area contributed by atoms with Gasteiger partial charge in [0.1, 0.15) is 23.4 Å². The number of para-hydroxylation sites is 1. The summed E-state index contributed by atoms with van der Waals surface area (Å²) < 4.78 is 6.89. The summed E-state index contributed by atoms with van der Waals surface area (Å²) in [7, 11) is 0. The third-order valence-corrected chi connectivity index (χ3v) is 5.15. The van der Waals surface area contributed by atoms with Gasteiger partial charge in [-0.3, -0.25) is 0 Å². The molecule has 0 aliphatic rings. The molecule has 4 heteroatoms. The number of nitriles is 1. The predicted octanol–water partition coefficient (Wildman–Crippen LogP) is 5.94. The van der Waals surface area contributed by atoms with Crippen LogP contribution in [0.15, 0.2) is 78.9 Å². The third kappa shape index (κ3) is 4.05. The lowest BCUT2D eigenvalue weighted by Crippen LogP contribution is -1.94. The fourth-order valence-electron chi connectivity index (χ4n) is 2.70. The maximum Gasteiger partial charge on any atom is 0.135 e. The molecule has 0 N–H and O–H groups in total. The molecule has 0 amide bonds. The summed E-state index contributed by atoms with van der Waals surface area (Å²) in [5.41, 5.74) is 3.56. The Labute approximate surface area is 161 Å². The van der Waals surface area contributed by atoms with E-state index in [1.807, 2.05) is 84.9 Å². The van der Waals surface area contributed by atoms with Crippen LogP contribution in [0, 0.1) is 11.3 Å². The maximum absolute atomic E-state index is 9.55. The number of aromatic nitrogens is 1. The summed E-state index contributed by atoms with van der Waals surface area (Å²) >= 11 is 1.53. The van der Waals surface area contributed by atoms with E-state index in [-0.39, 0.29) is 0 Å². The zero-order chi connectivity index (χ0) is 18.5. The molecule has 0 fully saturated rings. The molecule has 130 valence electrons. The Kier molecular flexibility index (Phi) is 4.95. The quantitative estimate of drug-likeness (QED) is 0.410. The molecule has 3 aromatic carbocycles. The molecule has 4 rings (SSSR count). The Morgan fingerprint density at radius 1 is 0.963 bits per heavy atom. The Morgan fingerprint density at radius 2 is 1.70 bits per heavy atom. The fraction of sp³-hybridized carbons (Fsp3) is 0.0435. The van der Waals surface area contributed by atoms with E-state index in [1.165, 1.54) is 11.3 Å². The second-order valence-electron chi connectivity index (χ2n) is 6.00. The lowest BCUT2D eigenvalue weighted by atomic mass is 10.1. The molecule has 0 saturated heterocycles. The average Bonchev–Trinajstić information content (AvgIpc) is 3.16. The van der Waals surface area contributed by atoms with Crippen molar-refractivity contribution in [2.75, 3.05) is 0 Å². The van der Waals surface area contributed by atoms with E-state index in [2.05, 4.69) is 11.1 Å². The highest BCUT2D eigenvalue weighted by Gasteiger charge is 2.08. The highest BCUT2D eigenvalue weighted by atomic mass is 32.1. The van der Waals surface area contributed by atoms with Crippen molar-refractivity contribution in [1.82, 2.24) is 4.98 Å². The SMILES string of the molecule is N#CC(=Cc1ccc(OCc2ccccc2)cc1)c1nc2ccccc2s1. The Morgan fingerprint density at radius 3 is 2.44 bits per heavy atom. The van der Waals surface area contributed by atoms with E-state index in [0.29, 0.717) is 12.2 Å². The van der Waals surface area contributed by atoms with Crippen LogP contribution in [0.1, 0.15) is 16.1 Å². The highest BCUT2D eigenvalue weighted by molar-refractivity contribution is 7.19. The first-order chi connectivity index (χ1) is 13.3. The van der Waals surface area contributed by atoms with Gasteiger partial charge < -0.3 is 4.74 Å².